The summed E-state index contributed by atoms with van der Waals surface area (Å²) in [5.41, 5.74) is 1.29. The number of aromatic nitrogens is 1. The summed E-state index contributed by atoms with van der Waals surface area (Å²) >= 11 is 1.61. The number of hydrogen-bond donors (Lipinski definition) is 2. The molecule has 0 aliphatic carbocycles. The largest absolute Gasteiger partial charge is 0.478 e. The predicted octanol–water partition coefficient (Wildman–Crippen LogP) is 2.79. The van der Waals surface area contributed by atoms with E-state index in [0.29, 0.717) is 5.56 Å². The zero-order valence-corrected chi connectivity index (χ0v) is 11.0. The lowest BCUT2D eigenvalue weighted by Crippen LogP contribution is -2.11. The van der Waals surface area contributed by atoms with Gasteiger partial charge in [-0.2, -0.15) is 0 Å². The Labute approximate surface area is 109 Å². The van der Waals surface area contributed by atoms with Crippen molar-refractivity contribution in [3.8, 4) is 10.4 Å². The molecule has 0 amide bonds. The molecule has 0 fully saturated rings. The SMILES string of the molecule is CNC(C)c1ncc(-c2ccc(C(=O)O)cc2)s1. The molecule has 0 bridgehead atoms. The highest BCUT2D eigenvalue weighted by Gasteiger charge is 2.10. The minimum absolute atomic E-state index is 0.224. The molecule has 0 spiro atoms. The lowest BCUT2D eigenvalue weighted by atomic mass is 10.1. The average Bonchev–Trinajstić information content (AvgIpc) is 2.87. The molecule has 2 aromatic rings. The zero-order chi connectivity index (χ0) is 13.1. The summed E-state index contributed by atoms with van der Waals surface area (Å²) in [7, 11) is 1.90. The molecule has 1 aromatic carbocycles. The van der Waals surface area contributed by atoms with Crippen molar-refractivity contribution in [2.75, 3.05) is 7.05 Å². The Morgan fingerprint density at radius 3 is 2.61 bits per heavy atom. The Hall–Kier alpha value is -1.72. The monoisotopic (exact) mass is 262 g/mol. The lowest BCUT2D eigenvalue weighted by molar-refractivity contribution is 0.0697. The van der Waals surface area contributed by atoms with E-state index in [1.807, 2.05) is 25.4 Å². The maximum Gasteiger partial charge on any atom is 0.335 e. The number of nitrogens with one attached hydrogen (secondary N) is 1. The Kier molecular flexibility index (Phi) is 3.74. The van der Waals surface area contributed by atoms with Gasteiger partial charge in [0.05, 0.1) is 16.5 Å². The first-order chi connectivity index (χ1) is 8.61. The van der Waals surface area contributed by atoms with Crippen molar-refractivity contribution in [1.29, 1.82) is 0 Å². The molecule has 0 radical (unpaired) electrons. The van der Waals surface area contributed by atoms with Gasteiger partial charge in [-0.05, 0) is 31.7 Å². The van der Waals surface area contributed by atoms with E-state index in [2.05, 4.69) is 17.2 Å². The first kappa shape index (κ1) is 12.7. The van der Waals surface area contributed by atoms with Gasteiger partial charge in [-0.15, -0.1) is 11.3 Å². The van der Waals surface area contributed by atoms with Gasteiger partial charge in [0.25, 0.3) is 0 Å². The predicted molar refractivity (Wildman–Crippen MR) is 72.0 cm³/mol. The second-order valence-electron chi connectivity index (χ2n) is 3.96. The van der Waals surface area contributed by atoms with Gasteiger partial charge in [-0.25, -0.2) is 9.78 Å². The number of carboxylic acid groups (broad SMARTS) is 1. The van der Waals surface area contributed by atoms with Crippen LogP contribution in [0.15, 0.2) is 30.5 Å². The van der Waals surface area contributed by atoms with Crippen molar-refractivity contribution in [3.05, 3.63) is 41.0 Å². The molecule has 2 N–H and O–H groups in total. The quantitative estimate of drug-likeness (QED) is 0.889. The number of carboxylic acids is 1. The smallest absolute Gasteiger partial charge is 0.335 e. The number of thiazole rings is 1. The van der Waals surface area contributed by atoms with E-state index in [0.717, 1.165) is 15.4 Å². The third-order valence-corrected chi connectivity index (χ3v) is 3.97. The second kappa shape index (κ2) is 5.29. The highest BCUT2D eigenvalue weighted by molar-refractivity contribution is 7.15. The van der Waals surface area contributed by atoms with Crippen LogP contribution in [0.4, 0.5) is 0 Å². The van der Waals surface area contributed by atoms with Crippen molar-refractivity contribution in [2.45, 2.75) is 13.0 Å². The summed E-state index contributed by atoms with van der Waals surface area (Å²) in [6, 6.07) is 7.06. The van der Waals surface area contributed by atoms with Gasteiger partial charge in [-0.1, -0.05) is 12.1 Å². The maximum absolute atomic E-state index is 10.8. The van der Waals surface area contributed by atoms with Crippen LogP contribution >= 0.6 is 11.3 Å². The van der Waals surface area contributed by atoms with Gasteiger partial charge >= 0.3 is 5.97 Å². The van der Waals surface area contributed by atoms with Crippen LogP contribution in [0.2, 0.25) is 0 Å². The molecule has 4 nitrogen and oxygen atoms in total. The zero-order valence-electron chi connectivity index (χ0n) is 10.2. The minimum atomic E-state index is -0.907. The van der Waals surface area contributed by atoms with E-state index < -0.39 is 5.97 Å². The summed E-state index contributed by atoms with van der Waals surface area (Å²) in [4.78, 5) is 16.2. The minimum Gasteiger partial charge on any atom is -0.478 e. The highest BCUT2D eigenvalue weighted by Crippen LogP contribution is 2.29. The fourth-order valence-electron chi connectivity index (χ4n) is 1.52. The lowest BCUT2D eigenvalue weighted by Gasteiger charge is -2.04. The molecule has 1 heterocycles. The fourth-order valence-corrected chi connectivity index (χ4v) is 2.51. The number of rotatable bonds is 4. The average molecular weight is 262 g/mol. The van der Waals surface area contributed by atoms with E-state index in [4.69, 9.17) is 5.11 Å². The number of nitrogens with zero attached hydrogens (tertiary/aromatic N) is 1. The molecule has 1 aromatic heterocycles. The first-order valence-electron chi connectivity index (χ1n) is 5.58. The molecule has 1 unspecified atom stereocenters. The standard InChI is InChI=1S/C13H14N2O2S/c1-8(14-2)12-15-7-11(18-12)9-3-5-10(6-4-9)13(16)17/h3-8,14H,1-2H3,(H,16,17). The van der Waals surface area contributed by atoms with E-state index in [9.17, 15) is 4.79 Å². The van der Waals surface area contributed by atoms with Gasteiger partial charge in [0.2, 0.25) is 0 Å². The van der Waals surface area contributed by atoms with Crippen molar-refractivity contribution >= 4 is 17.3 Å². The van der Waals surface area contributed by atoms with Gasteiger partial charge in [-0.3, -0.25) is 0 Å². The van der Waals surface area contributed by atoms with Crippen LogP contribution in [0.25, 0.3) is 10.4 Å². The molecule has 94 valence electrons. The van der Waals surface area contributed by atoms with Gasteiger partial charge < -0.3 is 10.4 Å². The Morgan fingerprint density at radius 2 is 2.06 bits per heavy atom. The number of aromatic carboxylic acids is 1. The number of hydrogen-bond acceptors (Lipinski definition) is 4. The normalized spacial score (nSPS) is 12.3. The Balaban J connectivity index is 2.26. The van der Waals surface area contributed by atoms with Crippen LogP contribution in [0.1, 0.15) is 28.3 Å². The van der Waals surface area contributed by atoms with Crippen LogP contribution in [0.3, 0.4) is 0 Å². The van der Waals surface area contributed by atoms with E-state index in [-0.39, 0.29) is 6.04 Å². The molecule has 1 atom stereocenters. The number of benzene rings is 1. The molecule has 0 aliphatic rings. The van der Waals surface area contributed by atoms with Crippen LogP contribution in [-0.2, 0) is 0 Å². The van der Waals surface area contributed by atoms with Gasteiger partial charge in [0.1, 0.15) is 5.01 Å². The third kappa shape index (κ3) is 2.57. The molecular weight excluding hydrogens is 248 g/mol. The van der Waals surface area contributed by atoms with Crippen molar-refractivity contribution < 1.29 is 9.90 Å². The summed E-state index contributed by atoms with van der Waals surface area (Å²) < 4.78 is 0. The van der Waals surface area contributed by atoms with Crippen LogP contribution < -0.4 is 5.32 Å². The van der Waals surface area contributed by atoms with Gasteiger partial charge in [0, 0.05) is 6.20 Å². The molecule has 0 saturated heterocycles. The molecule has 0 saturated carbocycles. The topological polar surface area (TPSA) is 62.2 Å². The molecule has 0 aliphatic heterocycles. The maximum atomic E-state index is 10.8. The number of carbonyl (C=O) groups is 1. The summed E-state index contributed by atoms with van der Waals surface area (Å²) in [6.07, 6.45) is 1.82. The molecule has 18 heavy (non-hydrogen) atoms. The van der Waals surface area contributed by atoms with Crippen molar-refractivity contribution in [3.63, 3.8) is 0 Å². The second-order valence-corrected chi connectivity index (χ2v) is 5.02. The van der Waals surface area contributed by atoms with E-state index in [1.54, 1.807) is 23.5 Å². The summed E-state index contributed by atoms with van der Waals surface area (Å²) in [5.74, 6) is -0.907. The summed E-state index contributed by atoms with van der Waals surface area (Å²) in [6.45, 7) is 2.05. The summed E-state index contributed by atoms with van der Waals surface area (Å²) in [5, 5.41) is 13.0. The fraction of sp³-hybridized carbons (Fsp3) is 0.231. The van der Waals surface area contributed by atoms with Crippen LogP contribution in [-0.4, -0.2) is 23.1 Å². The molecule has 2 rings (SSSR count). The van der Waals surface area contributed by atoms with Gasteiger partial charge in [0.15, 0.2) is 0 Å². The Bertz CT molecular complexity index is 548. The Morgan fingerprint density at radius 1 is 1.39 bits per heavy atom. The molecule has 5 heteroatoms. The first-order valence-corrected chi connectivity index (χ1v) is 6.40. The van der Waals surface area contributed by atoms with Crippen molar-refractivity contribution in [1.82, 2.24) is 10.3 Å². The van der Waals surface area contributed by atoms with Crippen LogP contribution in [0.5, 0.6) is 0 Å². The van der Waals surface area contributed by atoms with E-state index in [1.165, 1.54) is 0 Å². The highest BCUT2D eigenvalue weighted by atomic mass is 32.1. The van der Waals surface area contributed by atoms with E-state index >= 15 is 0 Å². The molecular formula is C13H14N2O2S. The van der Waals surface area contributed by atoms with Crippen LogP contribution in [0, 0.1) is 0 Å². The van der Waals surface area contributed by atoms with Crippen molar-refractivity contribution in [2.24, 2.45) is 0 Å². The third-order valence-electron chi connectivity index (χ3n) is 2.74.